The van der Waals surface area contributed by atoms with Gasteiger partial charge in [-0.1, -0.05) is 50.2 Å². The summed E-state index contributed by atoms with van der Waals surface area (Å²) in [4.78, 5) is 25.3. The highest BCUT2D eigenvalue weighted by atomic mass is 16.5. The molecule has 3 aromatic rings. The van der Waals surface area contributed by atoms with Crippen molar-refractivity contribution in [1.82, 2.24) is 4.57 Å². The molecule has 1 heterocycles. The molecule has 0 spiro atoms. The first kappa shape index (κ1) is 19.7. The van der Waals surface area contributed by atoms with Crippen LogP contribution in [-0.2, 0) is 16.6 Å². The standard InChI is InChI=1S/C23H26N2O3/c1-5-15(2)17-10-6-8-12-20(17)24-22(26)16(3)28-23(27)19-14-25(4)21-13-9-7-11-18(19)21/h6-16H,5H2,1-4H3,(H,24,26)/t15-,16-/m0/s1. The smallest absolute Gasteiger partial charge is 0.341 e. The van der Waals surface area contributed by atoms with Gasteiger partial charge in [0.1, 0.15) is 0 Å². The molecule has 0 bridgehead atoms. The van der Waals surface area contributed by atoms with Crippen molar-refractivity contribution in [3.05, 3.63) is 65.9 Å². The van der Waals surface area contributed by atoms with E-state index in [2.05, 4.69) is 19.2 Å². The molecule has 28 heavy (non-hydrogen) atoms. The number of fused-ring (bicyclic) bond motifs is 1. The van der Waals surface area contributed by atoms with Crippen LogP contribution in [0.25, 0.3) is 10.9 Å². The molecule has 5 heteroatoms. The van der Waals surface area contributed by atoms with Gasteiger partial charge in [-0.3, -0.25) is 4.79 Å². The number of amides is 1. The molecule has 146 valence electrons. The Morgan fingerprint density at radius 3 is 2.50 bits per heavy atom. The van der Waals surface area contributed by atoms with Crippen LogP contribution in [0.1, 0.15) is 49.0 Å². The topological polar surface area (TPSA) is 60.3 Å². The summed E-state index contributed by atoms with van der Waals surface area (Å²) in [7, 11) is 1.88. The fourth-order valence-electron chi connectivity index (χ4n) is 3.28. The summed E-state index contributed by atoms with van der Waals surface area (Å²) < 4.78 is 7.33. The van der Waals surface area contributed by atoms with Gasteiger partial charge in [0.25, 0.3) is 5.91 Å². The van der Waals surface area contributed by atoms with Crippen molar-refractivity contribution in [2.24, 2.45) is 7.05 Å². The number of aromatic nitrogens is 1. The molecule has 0 unspecified atom stereocenters. The Morgan fingerprint density at radius 2 is 1.75 bits per heavy atom. The molecular formula is C23H26N2O3. The Balaban J connectivity index is 1.73. The summed E-state index contributed by atoms with van der Waals surface area (Å²) in [5.74, 6) is -0.524. The molecule has 1 amide bonds. The zero-order chi connectivity index (χ0) is 20.3. The molecule has 0 fully saturated rings. The van der Waals surface area contributed by atoms with Gasteiger partial charge >= 0.3 is 5.97 Å². The second-order valence-electron chi connectivity index (χ2n) is 7.10. The van der Waals surface area contributed by atoms with Gasteiger partial charge in [-0.25, -0.2) is 4.79 Å². The van der Waals surface area contributed by atoms with E-state index >= 15 is 0 Å². The van der Waals surface area contributed by atoms with Crippen molar-refractivity contribution in [2.45, 2.75) is 39.2 Å². The third-order valence-corrected chi connectivity index (χ3v) is 5.13. The van der Waals surface area contributed by atoms with Crippen molar-refractivity contribution < 1.29 is 14.3 Å². The Morgan fingerprint density at radius 1 is 1.07 bits per heavy atom. The highest BCUT2D eigenvalue weighted by Gasteiger charge is 2.22. The SMILES string of the molecule is CC[C@H](C)c1ccccc1NC(=O)[C@H](C)OC(=O)c1cn(C)c2ccccc12. The monoisotopic (exact) mass is 378 g/mol. The van der Waals surface area contributed by atoms with E-state index in [4.69, 9.17) is 4.74 Å². The van der Waals surface area contributed by atoms with Crippen molar-refractivity contribution in [3.8, 4) is 0 Å². The van der Waals surface area contributed by atoms with E-state index in [1.165, 1.54) is 0 Å². The summed E-state index contributed by atoms with van der Waals surface area (Å²) in [6.45, 7) is 5.82. The van der Waals surface area contributed by atoms with Gasteiger partial charge in [-0.2, -0.15) is 0 Å². The van der Waals surface area contributed by atoms with E-state index in [0.717, 1.165) is 28.6 Å². The van der Waals surface area contributed by atoms with Crippen LogP contribution in [0, 0.1) is 0 Å². The lowest BCUT2D eigenvalue weighted by atomic mass is 9.97. The van der Waals surface area contributed by atoms with Crippen molar-refractivity contribution in [1.29, 1.82) is 0 Å². The minimum atomic E-state index is -0.906. The number of benzene rings is 2. The molecule has 0 aliphatic rings. The molecule has 2 aromatic carbocycles. The Hall–Kier alpha value is -3.08. The Kier molecular flexibility index (Phi) is 5.83. The van der Waals surface area contributed by atoms with Crippen molar-refractivity contribution >= 4 is 28.5 Å². The molecular weight excluding hydrogens is 352 g/mol. The fraction of sp³-hybridized carbons (Fsp3) is 0.304. The summed E-state index contributed by atoms with van der Waals surface area (Å²) in [5.41, 5.74) is 3.23. The molecule has 2 atom stereocenters. The Bertz CT molecular complexity index is 1010. The lowest BCUT2D eigenvalue weighted by molar-refractivity contribution is -0.123. The predicted octanol–water partition coefficient (Wildman–Crippen LogP) is 4.88. The second kappa shape index (κ2) is 8.30. The van der Waals surface area contributed by atoms with Crippen LogP contribution in [0.2, 0.25) is 0 Å². The van der Waals surface area contributed by atoms with Gasteiger partial charge in [0, 0.05) is 29.8 Å². The van der Waals surface area contributed by atoms with Crippen LogP contribution in [-0.4, -0.2) is 22.5 Å². The zero-order valence-electron chi connectivity index (χ0n) is 16.7. The quantitative estimate of drug-likeness (QED) is 0.622. The average Bonchev–Trinajstić information content (AvgIpc) is 3.05. The highest BCUT2D eigenvalue weighted by molar-refractivity contribution is 6.05. The zero-order valence-corrected chi connectivity index (χ0v) is 16.7. The first-order valence-electron chi connectivity index (χ1n) is 9.57. The number of nitrogens with one attached hydrogen (secondary N) is 1. The van der Waals surface area contributed by atoms with Gasteiger partial charge < -0.3 is 14.6 Å². The van der Waals surface area contributed by atoms with Gasteiger partial charge in [0.2, 0.25) is 0 Å². The van der Waals surface area contributed by atoms with Crippen LogP contribution < -0.4 is 5.32 Å². The molecule has 0 aliphatic carbocycles. The normalized spacial score (nSPS) is 13.1. The van der Waals surface area contributed by atoms with Crippen molar-refractivity contribution in [2.75, 3.05) is 5.32 Å². The number of hydrogen-bond donors (Lipinski definition) is 1. The number of anilines is 1. The van der Waals surface area contributed by atoms with E-state index in [-0.39, 0.29) is 5.91 Å². The second-order valence-corrected chi connectivity index (χ2v) is 7.10. The van der Waals surface area contributed by atoms with Gasteiger partial charge in [-0.15, -0.1) is 0 Å². The van der Waals surface area contributed by atoms with E-state index in [9.17, 15) is 9.59 Å². The molecule has 0 saturated carbocycles. The van der Waals surface area contributed by atoms with Gasteiger partial charge in [0.05, 0.1) is 5.56 Å². The maximum Gasteiger partial charge on any atom is 0.341 e. The number of carbonyl (C=O) groups is 2. The number of rotatable bonds is 6. The van der Waals surface area contributed by atoms with E-state index < -0.39 is 12.1 Å². The molecule has 5 nitrogen and oxygen atoms in total. The molecule has 1 aromatic heterocycles. The van der Waals surface area contributed by atoms with E-state index in [1.54, 1.807) is 13.1 Å². The third kappa shape index (κ3) is 3.93. The number of esters is 1. The summed E-state index contributed by atoms with van der Waals surface area (Å²) in [5, 5.41) is 3.71. The van der Waals surface area contributed by atoms with Crippen LogP contribution >= 0.6 is 0 Å². The molecule has 3 rings (SSSR count). The lowest BCUT2D eigenvalue weighted by Crippen LogP contribution is -2.30. The van der Waals surface area contributed by atoms with Crippen molar-refractivity contribution in [3.63, 3.8) is 0 Å². The maximum atomic E-state index is 12.6. The average molecular weight is 378 g/mol. The number of aryl methyl sites for hydroxylation is 1. The molecule has 1 N–H and O–H groups in total. The highest BCUT2D eigenvalue weighted by Crippen LogP contribution is 2.27. The Labute approximate surface area is 165 Å². The third-order valence-electron chi connectivity index (χ3n) is 5.13. The van der Waals surface area contributed by atoms with Crippen LogP contribution in [0.3, 0.4) is 0 Å². The summed E-state index contributed by atoms with van der Waals surface area (Å²) in [6, 6.07) is 15.3. The van der Waals surface area contributed by atoms with Crippen LogP contribution in [0.15, 0.2) is 54.7 Å². The number of nitrogens with zero attached hydrogens (tertiary/aromatic N) is 1. The van der Waals surface area contributed by atoms with Crippen LogP contribution in [0.5, 0.6) is 0 Å². The predicted molar refractivity (Wildman–Crippen MR) is 112 cm³/mol. The molecule has 0 saturated heterocycles. The number of ether oxygens (including phenoxy) is 1. The van der Waals surface area contributed by atoms with Gasteiger partial charge in [-0.05, 0) is 37.0 Å². The summed E-state index contributed by atoms with van der Waals surface area (Å²) >= 11 is 0. The summed E-state index contributed by atoms with van der Waals surface area (Å²) in [6.07, 6.45) is 1.80. The van der Waals surface area contributed by atoms with E-state index in [1.807, 2.05) is 60.1 Å². The molecule has 0 radical (unpaired) electrons. The minimum absolute atomic E-state index is 0.324. The largest absolute Gasteiger partial charge is 0.449 e. The first-order chi connectivity index (χ1) is 13.4. The molecule has 0 aliphatic heterocycles. The lowest BCUT2D eigenvalue weighted by Gasteiger charge is -2.18. The number of hydrogen-bond acceptors (Lipinski definition) is 3. The van der Waals surface area contributed by atoms with Crippen LogP contribution in [0.4, 0.5) is 5.69 Å². The van der Waals surface area contributed by atoms with Gasteiger partial charge in [0.15, 0.2) is 6.10 Å². The van der Waals surface area contributed by atoms with E-state index in [0.29, 0.717) is 11.5 Å². The fourth-order valence-corrected chi connectivity index (χ4v) is 3.28. The first-order valence-corrected chi connectivity index (χ1v) is 9.57. The maximum absolute atomic E-state index is 12.6. The minimum Gasteiger partial charge on any atom is -0.449 e. The number of carbonyl (C=O) groups excluding carboxylic acids is 2. The number of para-hydroxylation sites is 2.